The molecule has 238 valence electrons. The van der Waals surface area contributed by atoms with Crippen LogP contribution in [0.15, 0.2) is 172 Å². The molecule has 11 rings (SSSR count). The third-order valence-corrected chi connectivity index (χ3v) is 11.9. The first-order chi connectivity index (χ1) is 25.3. The van der Waals surface area contributed by atoms with Gasteiger partial charge >= 0.3 is 0 Å². The molecule has 0 atom stereocenters. The quantitative estimate of drug-likeness (QED) is 0.168. The molecule has 0 fully saturated rings. The normalized spacial score (nSPS) is 11.9. The second-order valence-corrected chi connectivity index (χ2v) is 14.8. The summed E-state index contributed by atoms with van der Waals surface area (Å²) in [6.07, 6.45) is 0. The highest BCUT2D eigenvalue weighted by molar-refractivity contribution is 7.08. The van der Waals surface area contributed by atoms with Gasteiger partial charge in [0.1, 0.15) is 11.2 Å². The Morgan fingerprint density at radius 1 is 0.333 bits per heavy atom. The molecule has 0 aliphatic heterocycles. The van der Waals surface area contributed by atoms with E-state index in [1.165, 1.54) is 82.0 Å². The summed E-state index contributed by atoms with van der Waals surface area (Å²) >= 11 is 3.49. The Morgan fingerprint density at radius 2 is 0.765 bits per heavy atom. The molecule has 3 aromatic heterocycles. The minimum Gasteiger partial charge on any atom is -0.455 e. The zero-order chi connectivity index (χ0) is 33.5. The monoisotopic (exact) mass is 684 g/mol. The molecule has 11 aromatic rings. The average Bonchev–Trinajstić information content (AvgIpc) is 3.98. The fourth-order valence-electron chi connectivity index (χ4n) is 8.44. The second-order valence-electron chi connectivity index (χ2n) is 13.2. The minimum absolute atomic E-state index is 0.896. The molecule has 0 N–H and O–H groups in total. The maximum atomic E-state index is 6.88. The lowest BCUT2D eigenvalue weighted by atomic mass is 9.86. The topological polar surface area (TPSA) is 13.1 Å². The summed E-state index contributed by atoms with van der Waals surface area (Å²) in [5.74, 6) is 0. The molecule has 0 saturated heterocycles. The van der Waals surface area contributed by atoms with Gasteiger partial charge in [-0.1, -0.05) is 121 Å². The maximum Gasteiger partial charge on any atom is 0.143 e. The minimum atomic E-state index is 0.896. The van der Waals surface area contributed by atoms with Gasteiger partial charge < -0.3 is 4.42 Å². The Morgan fingerprint density at radius 3 is 1.22 bits per heavy atom. The summed E-state index contributed by atoms with van der Waals surface area (Å²) in [6, 6.07) is 53.3. The van der Waals surface area contributed by atoms with Crippen LogP contribution >= 0.6 is 22.7 Å². The predicted molar refractivity (Wildman–Crippen MR) is 221 cm³/mol. The number of benzene rings is 8. The smallest absolute Gasteiger partial charge is 0.143 e. The van der Waals surface area contributed by atoms with Gasteiger partial charge in [-0.25, -0.2) is 0 Å². The maximum absolute atomic E-state index is 6.88. The van der Waals surface area contributed by atoms with Gasteiger partial charge in [0.25, 0.3) is 0 Å². The lowest BCUT2D eigenvalue weighted by Gasteiger charge is -2.17. The lowest BCUT2D eigenvalue weighted by molar-refractivity contribution is 0.670. The van der Waals surface area contributed by atoms with E-state index in [4.69, 9.17) is 4.42 Å². The van der Waals surface area contributed by atoms with Gasteiger partial charge in [-0.3, -0.25) is 0 Å². The number of para-hydroxylation sites is 1. The zero-order valence-corrected chi connectivity index (χ0v) is 29.0. The highest BCUT2D eigenvalue weighted by Gasteiger charge is 2.22. The zero-order valence-electron chi connectivity index (χ0n) is 27.4. The van der Waals surface area contributed by atoms with Crippen molar-refractivity contribution >= 4 is 87.7 Å². The van der Waals surface area contributed by atoms with Crippen LogP contribution in [-0.2, 0) is 0 Å². The largest absolute Gasteiger partial charge is 0.455 e. The van der Waals surface area contributed by atoms with Gasteiger partial charge in [0, 0.05) is 21.9 Å². The fourth-order valence-corrected chi connectivity index (χ4v) is 9.74. The number of rotatable bonds is 4. The molecule has 1 nitrogen and oxygen atoms in total. The number of hydrogen-bond donors (Lipinski definition) is 0. The molecule has 0 aliphatic carbocycles. The molecule has 0 spiro atoms. The van der Waals surface area contributed by atoms with Crippen LogP contribution < -0.4 is 0 Å². The molecule has 3 heteroatoms. The summed E-state index contributed by atoms with van der Waals surface area (Å²) in [6.45, 7) is 0. The van der Waals surface area contributed by atoms with E-state index in [-0.39, 0.29) is 0 Å². The van der Waals surface area contributed by atoms with Crippen LogP contribution in [0.4, 0.5) is 0 Å². The highest BCUT2D eigenvalue weighted by Crippen LogP contribution is 2.48. The molecule has 0 radical (unpaired) electrons. The molecule has 0 unspecified atom stereocenters. The second kappa shape index (κ2) is 11.3. The summed E-state index contributed by atoms with van der Waals surface area (Å²) < 4.78 is 6.88. The number of furan rings is 1. The molecule has 51 heavy (non-hydrogen) atoms. The van der Waals surface area contributed by atoms with Gasteiger partial charge in [0.2, 0.25) is 0 Å². The van der Waals surface area contributed by atoms with E-state index in [1.807, 2.05) is 0 Å². The van der Waals surface area contributed by atoms with Crippen LogP contribution in [-0.4, -0.2) is 0 Å². The molecule has 0 aliphatic rings. The van der Waals surface area contributed by atoms with Crippen LogP contribution in [0.2, 0.25) is 0 Å². The standard InChI is InChI=1S/C48H28OS2/c1-3-12-34-32(10-1)44(33-11-2-4-13-35(33)45(34)30-22-24-50-27-30)29-20-21-43-42(26-29)40-18-9-19-41(48(40)49-43)47-38-16-7-5-14-36(38)46(31-23-25-51-28-31)37-15-6-8-17-39(37)47/h1-28H. The lowest BCUT2D eigenvalue weighted by Crippen LogP contribution is -1.90. The van der Waals surface area contributed by atoms with Crippen molar-refractivity contribution in [2.45, 2.75) is 0 Å². The molecule has 3 heterocycles. The van der Waals surface area contributed by atoms with E-state index >= 15 is 0 Å². The van der Waals surface area contributed by atoms with Gasteiger partial charge in [-0.2, -0.15) is 22.7 Å². The van der Waals surface area contributed by atoms with Crippen molar-refractivity contribution in [2.24, 2.45) is 0 Å². The summed E-state index contributed by atoms with van der Waals surface area (Å²) in [5.41, 5.74) is 11.7. The first kappa shape index (κ1) is 28.8. The molecule has 0 bridgehead atoms. The van der Waals surface area contributed by atoms with Crippen molar-refractivity contribution in [1.29, 1.82) is 0 Å². The van der Waals surface area contributed by atoms with E-state index in [2.05, 4.69) is 167 Å². The van der Waals surface area contributed by atoms with Crippen LogP contribution in [0.3, 0.4) is 0 Å². The first-order valence-corrected chi connectivity index (χ1v) is 19.1. The highest BCUT2D eigenvalue weighted by atomic mass is 32.1. The Labute approximate surface area is 302 Å². The summed E-state index contributed by atoms with van der Waals surface area (Å²) in [7, 11) is 0. The van der Waals surface area contributed by atoms with Crippen LogP contribution in [0.25, 0.3) is 110 Å². The van der Waals surface area contributed by atoms with E-state index in [1.54, 1.807) is 22.7 Å². The van der Waals surface area contributed by atoms with Gasteiger partial charge in [0.15, 0.2) is 0 Å². The van der Waals surface area contributed by atoms with E-state index in [0.717, 1.165) is 27.5 Å². The summed E-state index contributed by atoms with van der Waals surface area (Å²) in [5, 5.41) is 21.1. The van der Waals surface area contributed by atoms with Crippen molar-refractivity contribution in [2.75, 3.05) is 0 Å². The van der Waals surface area contributed by atoms with E-state index in [0.29, 0.717) is 0 Å². The van der Waals surface area contributed by atoms with Crippen molar-refractivity contribution in [3.05, 3.63) is 167 Å². The number of hydrogen-bond acceptors (Lipinski definition) is 3. The van der Waals surface area contributed by atoms with Crippen molar-refractivity contribution in [3.63, 3.8) is 0 Å². The molecular weight excluding hydrogens is 657 g/mol. The van der Waals surface area contributed by atoms with Crippen LogP contribution in [0, 0.1) is 0 Å². The van der Waals surface area contributed by atoms with E-state index < -0.39 is 0 Å². The average molecular weight is 685 g/mol. The number of fused-ring (bicyclic) bond motifs is 7. The fraction of sp³-hybridized carbons (Fsp3) is 0. The predicted octanol–water partition coefficient (Wildman–Crippen LogP) is 15.0. The summed E-state index contributed by atoms with van der Waals surface area (Å²) in [4.78, 5) is 0. The SMILES string of the molecule is c1ccc2c(-c3ccc4oc5c(-c6c7ccccc7c(-c7ccsc7)c7ccccc67)cccc5c4c3)c3ccccc3c(-c3ccsc3)c2c1. The molecule has 0 saturated carbocycles. The van der Waals surface area contributed by atoms with Crippen molar-refractivity contribution in [1.82, 2.24) is 0 Å². The van der Waals surface area contributed by atoms with Gasteiger partial charge in [-0.05, 0) is 122 Å². The first-order valence-electron chi connectivity index (χ1n) is 17.2. The van der Waals surface area contributed by atoms with Crippen molar-refractivity contribution in [3.8, 4) is 44.5 Å². The Bertz CT molecular complexity index is 3010. The van der Waals surface area contributed by atoms with Crippen molar-refractivity contribution < 1.29 is 4.42 Å². The van der Waals surface area contributed by atoms with E-state index in [9.17, 15) is 0 Å². The molecule has 0 amide bonds. The number of thiophene rings is 2. The Hall–Kier alpha value is -6.00. The third-order valence-electron chi connectivity index (χ3n) is 10.5. The Kier molecular flexibility index (Phi) is 6.36. The van der Waals surface area contributed by atoms with Gasteiger partial charge in [0.05, 0.1) is 0 Å². The van der Waals surface area contributed by atoms with Gasteiger partial charge in [-0.15, -0.1) is 0 Å². The molecule has 8 aromatic carbocycles. The van der Waals surface area contributed by atoms with Crippen LogP contribution in [0.1, 0.15) is 0 Å². The molecular formula is C48H28OS2. The Balaban J connectivity index is 1.19. The third kappa shape index (κ3) is 4.26. The van der Waals surface area contributed by atoms with Crippen LogP contribution in [0.5, 0.6) is 0 Å².